The van der Waals surface area contributed by atoms with E-state index in [0.29, 0.717) is 17.7 Å². The van der Waals surface area contributed by atoms with Gasteiger partial charge in [0, 0.05) is 16.7 Å². The molecule has 0 saturated heterocycles. The average molecular weight is 295 g/mol. The molecule has 0 N–H and O–H groups in total. The largest absolute Gasteiger partial charge is 0.273 e. The molecule has 2 aromatic rings. The number of rotatable bonds is 2. The second kappa shape index (κ2) is 4.74. The van der Waals surface area contributed by atoms with Crippen LogP contribution in [0.15, 0.2) is 53.4 Å². The molecule has 0 bridgehead atoms. The van der Waals surface area contributed by atoms with Crippen molar-refractivity contribution in [1.29, 1.82) is 0 Å². The van der Waals surface area contributed by atoms with Gasteiger partial charge in [0.05, 0.1) is 11.1 Å². The number of thioether (sulfide) groups is 1. The summed E-state index contributed by atoms with van der Waals surface area (Å²) in [6.07, 6.45) is 0.911. The van der Waals surface area contributed by atoms with Gasteiger partial charge in [-0.15, -0.1) is 11.8 Å². The van der Waals surface area contributed by atoms with E-state index in [2.05, 4.69) is 12.1 Å². The number of carbonyl (C=O) groups excluding carboxylic acids is 2. The zero-order valence-electron chi connectivity index (χ0n) is 11.3. The summed E-state index contributed by atoms with van der Waals surface area (Å²) in [4.78, 5) is 27.4. The van der Waals surface area contributed by atoms with Crippen LogP contribution in [-0.4, -0.2) is 28.5 Å². The van der Waals surface area contributed by atoms with Crippen LogP contribution >= 0.6 is 11.8 Å². The molecule has 2 aliphatic heterocycles. The van der Waals surface area contributed by atoms with Crippen molar-refractivity contribution in [2.45, 2.75) is 16.6 Å². The van der Waals surface area contributed by atoms with Gasteiger partial charge in [0.1, 0.15) is 0 Å². The van der Waals surface area contributed by atoms with Crippen molar-refractivity contribution in [2.24, 2.45) is 0 Å². The van der Waals surface area contributed by atoms with Crippen LogP contribution in [0.3, 0.4) is 0 Å². The first-order valence-electron chi connectivity index (χ1n) is 6.94. The summed E-state index contributed by atoms with van der Waals surface area (Å²) in [6.45, 7) is 0.478. The third-order valence-electron chi connectivity index (χ3n) is 3.98. The Morgan fingerprint density at radius 3 is 2.24 bits per heavy atom. The summed E-state index contributed by atoms with van der Waals surface area (Å²) < 4.78 is 0. The van der Waals surface area contributed by atoms with Crippen molar-refractivity contribution in [3.63, 3.8) is 0 Å². The lowest BCUT2D eigenvalue weighted by Crippen LogP contribution is -2.35. The minimum absolute atomic E-state index is 0.160. The normalized spacial score (nSPS) is 19.8. The Morgan fingerprint density at radius 2 is 1.57 bits per heavy atom. The molecule has 1 atom stereocenters. The summed E-state index contributed by atoms with van der Waals surface area (Å²) in [7, 11) is 0. The van der Waals surface area contributed by atoms with Crippen molar-refractivity contribution in [1.82, 2.24) is 4.90 Å². The SMILES string of the molecule is O=C1c2ccccc2C(=O)N1CC1Cc2ccccc2S1. The molecule has 4 rings (SSSR count). The Balaban J connectivity index is 1.55. The first kappa shape index (κ1) is 12.7. The predicted octanol–water partition coefficient (Wildman–Crippen LogP) is 3.00. The summed E-state index contributed by atoms with van der Waals surface area (Å²) >= 11 is 1.76. The highest BCUT2D eigenvalue weighted by molar-refractivity contribution is 8.00. The van der Waals surface area contributed by atoms with Gasteiger partial charge in [-0.05, 0) is 30.2 Å². The zero-order chi connectivity index (χ0) is 14.4. The van der Waals surface area contributed by atoms with Crippen molar-refractivity contribution in [3.05, 3.63) is 65.2 Å². The Labute approximate surface area is 127 Å². The number of fused-ring (bicyclic) bond motifs is 2. The van der Waals surface area contributed by atoms with Crippen molar-refractivity contribution < 1.29 is 9.59 Å². The maximum Gasteiger partial charge on any atom is 0.261 e. The molecule has 21 heavy (non-hydrogen) atoms. The van der Waals surface area contributed by atoms with Crippen molar-refractivity contribution in [2.75, 3.05) is 6.54 Å². The van der Waals surface area contributed by atoms with Gasteiger partial charge in [-0.3, -0.25) is 14.5 Å². The minimum Gasteiger partial charge on any atom is -0.273 e. The second-order valence-electron chi connectivity index (χ2n) is 5.32. The van der Waals surface area contributed by atoms with Gasteiger partial charge in [-0.25, -0.2) is 0 Å². The molecule has 0 aliphatic carbocycles. The first-order chi connectivity index (χ1) is 10.2. The van der Waals surface area contributed by atoms with E-state index < -0.39 is 0 Å². The summed E-state index contributed by atoms with van der Waals surface area (Å²) in [5, 5.41) is 0.254. The van der Waals surface area contributed by atoms with E-state index in [0.717, 1.165) is 6.42 Å². The summed E-state index contributed by atoms with van der Waals surface area (Å²) in [6, 6.07) is 15.3. The van der Waals surface area contributed by atoms with Crippen LogP contribution in [0.1, 0.15) is 26.3 Å². The third-order valence-corrected chi connectivity index (χ3v) is 5.28. The van der Waals surface area contributed by atoms with E-state index in [1.165, 1.54) is 15.4 Å². The lowest BCUT2D eigenvalue weighted by molar-refractivity contribution is 0.0655. The molecule has 2 aliphatic rings. The molecule has 2 aromatic carbocycles. The van der Waals surface area contributed by atoms with E-state index >= 15 is 0 Å². The number of hydrogen-bond acceptors (Lipinski definition) is 3. The molecular weight excluding hydrogens is 282 g/mol. The number of nitrogens with zero attached hydrogens (tertiary/aromatic N) is 1. The van der Waals surface area contributed by atoms with Gasteiger partial charge < -0.3 is 0 Å². The van der Waals surface area contributed by atoms with E-state index in [9.17, 15) is 9.59 Å². The first-order valence-corrected chi connectivity index (χ1v) is 7.82. The number of imide groups is 1. The van der Waals surface area contributed by atoms with E-state index in [1.54, 1.807) is 36.0 Å². The van der Waals surface area contributed by atoms with Crippen LogP contribution in [-0.2, 0) is 6.42 Å². The topological polar surface area (TPSA) is 37.4 Å². The molecule has 0 aromatic heterocycles. The Morgan fingerprint density at radius 1 is 0.952 bits per heavy atom. The third kappa shape index (κ3) is 1.98. The Hall–Kier alpha value is -2.07. The van der Waals surface area contributed by atoms with Gasteiger partial charge in [0.15, 0.2) is 0 Å². The van der Waals surface area contributed by atoms with E-state index in [4.69, 9.17) is 0 Å². The summed E-state index contributed by atoms with van der Waals surface area (Å²) in [5.74, 6) is -0.320. The molecule has 1 unspecified atom stereocenters. The quantitative estimate of drug-likeness (QED) is 0.799. The number of carbonyl (C=O) groups is 2. The van der Waals surface area contributed by atoms with Crippen LogP contribution in [0.2, 0.25) is 0 Å². The van der Waals surface area contributed by atoms with Crippen LogP contribution < -0.4 is 0 Å². The highest BCUT2D eigenvalue weighted by Crippen LogP contribution is 2.38. The van der Waals surface area contributed by atoms with Crippen molar-refractivity contribution >= 4 is 23.6 Å². The molecular formula is C17H13NO2S. The lowest BCUT2D eigenvalue weighted by atomic mass is 10.1. The molecule has 4 heteroatoms. The highest BCUT2D eigenvalue weighted by Gasteiger charge is 2.37. The molecule has 3 nitrogen and oxygen atoms in total. The molecule has 104 valence electrons. The molecule has 0 radical (unpaired) electrons. The Kier molecular flexibility index (Phi) is 2.86. The predicted molar refractivity (Wildman–Crippen MR) is 81.6 cm³/mol. The van der Waals surface area contributed by atoms with Crippen molar-refractivity contribution in [3.8, 4) is 0 Å². The Bertz CT molecular complexity index is 696. The molecule has 0 saturated carbocycles. The van der Waals surface area contributed by atoms with Crippen LogP contribution in [0.4, 0.5) is 0 Å². The number of amides is 2. The fraction of sp³-hybridized carbons (Fsp3) is 0.176. The van der Waals surface area contributed by atoms with Crippen LogP contribution in [0, 0.1) is 0 Å². The van der Waals surface area contributed by atoms with Gasteiger partial charge in [0.2, 0.25) is 0 Å². The van der Waals surface area contributed by atoms with E-state index in [1.807, 2.05) is 12.1 Å². The average Bonchev–Trinajstić information content (AvgIpc) is 3.02. The number of hydrogen-bond donors (Lipinski definition) is 0. The highest BCUT2D eigenvalue weighted by atomic mass is 32.2. The minimum atomic E-state index is -0.160. The monoisotopic (exact) mass is 295 g/mol. The summed E-state index contributed by atoms with van der Waals surface area (Å²) in [5.41, 5.74) is 2.37. The zero-order valence-corrected chi connectivity index (χ0v) is 12.1. The van der Waals surface area contributed by atoms with Gasteiger partial charge in [-0.2, -0.15) is 0 Å². The maximum absolute atomic E-state index is 12.4. The lowest BCUT2D eigenvalue weighted by Gasteiger charge is -2.17. The van der Waals surface area contributed by atoms with Gasteiger partial charge in [-0.1, -0.05) is 30.3 Å². The fourth-order valence-corrected chi connectivity index (χ4v) is 4.27. The van der Waals surface area contributed by atoms with Gasteiger partial charge >= 0.3 is 0 Å². The molecule has 2 amide bonds. The molecule has 0 fully saturated rings. The number of benzene rings is 2. The van der Waals surface area contributed by atoms with E-state index in [-0.39, 0.29) is 17.1 Å². The van der Waals surface area contributed by atoms with Crippen LogP contribution in [0.25, 0.3) is 0 Å². The fourth-order valence-electron chi connectivity index (χ4n) is 2.96. The maximum atomic E-state index is 12.4. The van der Waals surface area contributed by atoms with Crippen LogP contribution in [0.5, 0.6) is 0 Å². The molecule has 2 heterocycles. The smallest absolute Gasteiger partial charge is 0.261 e. The van der Waals surface area contributed by atoms with Gasteiger partial charge in [0.25, 0.3) is 11.8 Å². The standard InChI is InChI=1S/C17H13NO2S/c19-16-13-6-2-3-7-14(13)17(20)18(16)10-12-9-11-5-1-4-8-15(11)21-12/h1-8,12H,9-10H2. The molecule has 0 spiro atoms. The second-order valence-corrected chi connectivity index (χ2v) is 6.66.